The molecule has 0 N–H and O–H groups in total. The lowest BCUT2D eigenvalue weighted by molar-refractivity contribution is 0.335. The number of unbranched alkanes of at least 4 members (excludes halogenated alkanes) is 1. The maximum absolute atomic E-state index is 12.8. The van der Waals surface area contributed by atoms with Crippen molar-refractivity contribution in [3.63, 3.8) is 0 Å². The highest BCUT2D eigenvalue weighted by molar-refractivity contribution is 5.65. The molecule has 0 fully saturated rings. The molecule has 0 radical (unpaired) electrons. The van der Waals surface area contributed by atoms with E-state index in [1.54, 1.807) is 25.5 Å². The zero-order valence-electron chi connectivity index (χ0n) is 13.6. The van der Waals surface area contributed by atoms with Gasteiger partial charge in [0.15, 0.2) is 0 Å². The molecule has 2 nitrogen and oxygen atoms in total. The smallest absolute Gasteiger partial charge is 0.0973 e. The Bertz CT molecular complexity index is 648. The summed E-state index contributed by atoms with van der Waals surface area (Å²) in [7, 11) is 0. The molecule has 3 heteroatoms. The second-order valence-corrected chi connectivity index (χ2v) is 5.61. The Kier molecular flexibility index (Phi) is 6.67. The third-order valence-corrected chi connectivity index (χ3v) is 3.64. The van der Waals surface area contributed by atoms with E-state index >= 15 is 0 Å². The molecule has 1 aromatic heterocycles. The molecule has 1 atom stereocenters. The van der Waals surface area contributed by atoms with Crippen molar-refractivity contribution in [1.29, 1.82) is 0 Å². The van der Waals surface area contributed by atoms with Crippen molar-refractivity contribution in [2.45, 2.75) is 38.8 Å². The minimum atomic E-state index is -0.717. The third-order valence-electron chi connectivity index (χ3n) is 3.64. The highest BCUT2D eigenvalue weighted by atomic mass is 19.1. The molecule has 23 heavy (non-hydrogen) atoms. The number of aromatic nitrogens is 2. The monoisotopic (exact) mass is 310 g/mol. The zero-order valence-corrected chi connectivity index (χ0v) is 13.6. The first kappa shape index (κ1) is 17.1. The molecule has 0 amide bonds. The number of alkyl halides is 1. The Morgan fingerprint density at radius 3 is 2.87 bits per heavy atom. The van der Waals surface area contributed by atoms with Crippen molar-refractivity contribution >= 4 is 6.08 Å². The standard InChI is InChI=1S/C20H23FN2/c1-3-7-18-14-19(20-15-22-12-13-23-20)11-10-17(18)9-6-4-5-8-16(2)21/h3,6,9-16H,1,4-5,7-8H2,2H3. The van der Waals surface area contributed by atoms with Crippen LogP contribution in [-0.2, 0) is 6.42 Å². The van der Waals surface area contributed by atoms with Crippen molar-refractivity contribution in [3.05, 3.63) is 66.6 Å². The van der Waals surface area contributed by atoms with Crippen LogP contribution >= 0.6 is 0 Å². The van der Waals surface area contributed by atoms with E-state index in [9.17, 15) is 4.39 Å². The highest BCUT2D eigenvalue weighted by Gasteiger charge is 2.04. The van der Waals surface area contributed by atoms with Crippen LogP contribution < -0.4 is 0 Å². The van der Waals surface area contributed by atoms with E-state index < -0.39 is 6.17 Å². The van der Waals surface area contributed by atoms with Gasteiger partial charge in [-0.05, 0) is 49.8 Å². The first-order valence-electron chi connectivity index (χ1n) is 8.01. The summed E-state index contributed by atoms with van der Waals surface area (Å²) in [5.74, 6) is 0. The molecule has 0 saturated carbocycles. The SMILES string of the molecule is C=CCc1cc(-c2cnccn2)ccc1C=CCCCC(C)F. The molecule has 2 aromatic rings. The Hall–Kier alpha value is -2.29. The quantitative estimate of drug-likeness (QED) is 0.481. The summed E-state index contributed by atoms with van der Waals surface area (Å²) in [5.41, 5.74) is 4.30. The summed E-state index contributed by atoms with van der Waals surface area (Å²) in [5, 5.41) is 0. The summed E-state index contributed by atoms with van der Waals surface area (Å²) >= 11 is 0. The number of hydrogen-bond acceptors (Lipinski definition) is 2. The van der Waals surface area contributed by atoms with E-state index in [1.807, 2.05) is 6.08 Å². The third kappa shape index (κ3) is 5.44. The predicted octanol–water partition coefficient (Wildman–Crippen LogP) is 5.41. The largest absolute Gasteiger partial charge is 0.261 e. The van der Waals surface area contributed by atoms with Gasteiger partial charge >= 0.3 is 0 Å². The van der Waals surface area contributed by atoms with Gasteiger partial charge in [-0.3, -0.25) is 9.97 Å². The number of hydrogen-bond donors (Lipinski definition) is 0. The van der Waals surface area contributed by atoms with Gasteiger partial charge in [-0.15, -0.1) is 6.58 Å². The fraction of sp³-hybridized carbons (Fsp3) is 0.300. The first-order chi connectivity index (χ1) is 11.2. The number of nitrogens with zero attached hydrogens (tertiary/aromatic N) is 2. The van der Waals surface area contributed by atoms with Crippen LogP contribution in [0.3, 0.4) is 0 Å². The minimum Gasteiger partial charge on any atom is -0.261 e. The molecule has 1 heterocycles. The van der Waals surface area contributed by atoms with Crippen molar-refractivity contribution in [2.75, 3.05) is 0 Å². The molecule has 0 bridgehead atoms. The second-order valence-electron chi connectivity index (χ2n) is 5.61. The summed E-state index contributed by atoms with van der Waals surface area (Å²) in [6.07, 6.45) is 13.7. The lowest BCUT2D eigenvalue weighted by atomic mass is 9.99. The number of rotatable bonds is 8. The van der Waals surface area contributed by atoms with E-state index in [2.05, 4.69) is 46.9 Å². The number of allylic oxidation sites excluding steroid dienone is 2. The molecule has 1 unspecified atom stereocenters. The van der Waals surface area contributed by atoms with Gasteiger partial charge in [0.2, 0.25) is 0 Å². The van der Waals surface area contributed by atoms with E-state index in [-0.39, 0.29) is 0 Å². The van der Waals surface area contributed by atoms with Gasteiger partial charge in [0, 0.05) is 18.0 Å². The van der Waals surface area contributed by atoms with Gasteiger partial charge in [0.05, 0.1) is 18.1 Å². The van der Waals surface area contributed by atoms with Crippen LogP contribution in [0.15, 0.2) is 55.5 Å². The predicted molar refractivity (Wildman–Crippen MR) is 94.8 cm³/mol. The molecular formula is C20H23FN2. The zero-order chi connectivity index (χ0) is 16.5. The minimum absolute atomic E-state index is 0.621. The molecule has 0 aliphatic heterocycles. The number of benzene rings is 1. The van der Waals surface area contributed by atoms with Crippen LogP contribution in [0.2, 0.25) is 0 Å². The maximum Gasteiger partial charge on any atom is 0.0973 e. The summed E-state index contributed by atoms with van der Waals surface area (Å²) in [6, 6.07) is 6.28. The first-order valence-corrected chi connectivity index (χ1v) is 8.01. The second kappa shape index (κ2) is 8.99. The number of halogens is 1. The maximum atomic E-state index is 12.8. The molecule has 2 rings (SSSR count). The van der Waals surface area contributed by atoms with Crippen molar-refractivity contribution in [1.82, 2.24) is 9.97 Å². The van der Waals surface area contributed by atoms with E-state index in [0.717, 1.165) is 30.5 Å². The molecule has 0 saturated heterocycles. The lowest BCUT2D eigenvalue weighted by Crippen LogP contribution is -1.91. The van der Waals surface area contributed by atoms with Gasteiger partial charge in [0.1, 0.15) is 0 Å². The summed E-state index contributed by atoms with van der Waals surface area (Å²) < 4.78 is 12.8. The van der Waals surface area contributed by atoms with Gasteiger partial charge < -0.3 is 0 Å². The molecule has 0 aliphatic rings. The average molecular weight is 310 g/mol. The molecule has 120 valence electrons. The van der Waals surface area contributed by atoms with Crippen LogP contribution in [-0.4, -0.2) is 16.1 Å². The van der Waals surface area contributed by atoms with Gasteiger partial charge in [-0.25, -0.2) is 4.39 Å². The normalized spacial score (nSPS) is 12.4. The van der Waals surface area contributed by atoms with Gasteiger partial charge in [-0.1, -0.05) is 30.4 Å². The summed E-state index contributed by atoms with van der Waals surface area (Å²) in [6.45, 7) is 5.44. The van der Waals surface area contributed by atoms with Crippen molar-refractivity contribution in [3.8, 4) is 11.3 Å². The van der Waals surface area contributed by atoms with Crippen LogP contribution in [0.1, 0.15) is 37.3 Å². The Balaban J connectivity index is 2.13. The van der Waals surface area contributed by atoms with Crippen molar-refractivity contribution in [2.24, 2.45) is 0 Å². The van der Waals surface area contributed by atoms with Crippen LogP contribution in [0, 0.1) is 0 Å². The fourth-order valence-electron chi connectivity index (χ4n) is 2.44. The van der Waals surface area contributed by atoms with E-state index in [0.29, 0.717) is 6.42 Å². The fourth-order valence-corrected chi connectivity index (χ4v) is 2.44. The Labute approximate surface area is 137 Å². The van der Waals surface area contributed by atoms with Crippen molar-refractivity contribution < 1.29 is 4.39 Å². The highest BCUT2D eigenvalue weighted by Crippen LogP contribution is 2.22. The Morgan fingerprint density at radius 2 is 2.17 bits per heavy atom. The summed E-state index contributed by atoms with van der Waals surface area (Å²) in [4.78, 5) is 8.46. The topological polar surface area (TPSA) is 25.8 Å². The van der Waals surface area contributed by atoms with Gasteiger partial charge in [0.25, 0.3) is 0 Å². The average Bonchev–Trinajstić information content (AvgIpc) is 2.56. The molecule has 0 aliphatic carbocycles. The van der Waals surface area contributed by atoms with E-state index in [4.69, 9.17) is 0 Å². The van der Waals surface area contributed by atoms with Crippen LogP contribution in [0.25, 0.3) is 17.3 Å². The van der Waals surface area contributed by atoms with E-state index in [1.165, 1.54) is 11.1 Å². The molecular weight excluding hydrogens is 287 g/mol. The molecule has 1 aromatic carbocycles. The lowest BCUT2D eigenvalue weighted by Gasteiger charge is -2.07. The Morgan fingerprint density at radius 1 is 1.30 bits per heavy atom. The van der Waals surface area contributed by atoms with Crippen LogP contribution in [0.4, 0.5) is 4.39 Å². The molecule has 0 spiro atoms. The van der Waals surface area contributed by atoms with Crippen LogP contribution in [0.5, 0.6) is 0 Å². The van der Waals surface area contributed by atoms with Gasteiger partial charge in [-0.2, -0.15) is 0 Å².